The van der Waals surface area contributed by atoms with Crippen LogP contribution >= 0.6 is 0 Å². The number of pyridine rings is 1. The van der Waals surface area contributed by atoms with Crippen molar-refractivity contribution in [3.63, 3.8) is 0 Å². The highest BCUT2D eigenvalue weighted by Crippen LogP contribution is 2.21. The Hall–Kier alpha value is -3.29. The Morgan fingerprint density at radius 3 is 2.96 bits per heavy atom. The third kappa shape index (κ3) is 3.85. The van der Waals surface area contributed by atoms with Gasteiger partial charge in [0, 0.05) is 54.5 Å². The molecule has 1 unspecified atom stereocenters. The Bertz CT molecular complexity index is 950. The molecular formula is C20H23N7O. The molecule has 1 atom stereocenters. The van der Waals surface area contributed by atoms with E-state index in [2.05, 4.69) is 35.4 Å². The van der Waals surface area contributed by atoms with E-state index in [1.165, 1.54) is 0 Å². The first-order chi connectivity index (χ1) is 13.6. The van der Waals surface area contributed by atoms with Gasteiger partial charge in [-0.1, -0.05) is 0 Å². The molecule has 0 aromatic carbocycles. The molecule has 4 heterocycles. The van der Waals surface area contributed by atoms with Crippen LogP contribution in [-0.2, 0) is 11.2 Å². The molecule has 3 aromatic rings. The summed E-state index contributed by atoms with van der Waals surface area (Å²) in [4.78, 5) is 27.8. The van der Waals surface area contributed by atoms with E-state index >= 15 is 0 Å². The number of carbonyl (C=O) groups excluding carboxylic acids is 1. The minimum absolute atomic E-state index is 0.0180. The molecule has 1 fully saturated rings. The number of aromatic nitrogens is 5. The van der Waals surface area contributed by atoms with E-state index in [9.17, 15) is 4.79 Å². The lowest BCUT2D eigenvalue weighted by Crippen LogP contribution is -2.38. The van der Waals surface area contributed by atoms with Crippen LogP contribution in [0.25, 0.3) is 11.3 Å². The van der Waals surface area contributed by atoms with Crippen LogP contribution in [0.1, 0.15) is 23.4 Å². The fourth-order valence-electron chi connectivity index (χ4n) is 3.51. The average Bonchev–Trinajstić information content (AvgIpc) is 3.31. The van der Waals surface area contributed by atoms with Crippen molar-refractivity contribution in [3.05, 3.63) is 53.7 Å². The van der Waals surface area contributed by atoms with Gasteiger partial charge in [-0.2, -0.15) is 5.10 Å². The maximum atomic E-state index is 12.4. The van der Waals surface area contributed by atoms with E-state index < -0.39 is 0 Å². The number of aryl methyl sites for hydroxylation is 2. The highest BCUT2D eigenvalue weighted by molar-refractivity contribution is 5.79. The van der Waals surface area contributed by atoms with E-state index in [1.807, 2.05) is 32.0 Å². The predicted molar refractivity (Wildman–Crippen MR) is 106 cm³/mol. The number of hydrogen-bond donors (Lipinski definition) is 2. The first kappa shape index (κ1) is 18.1. The highest BCUT2D eigenvalue weighted by atomic mass is 16.1. The van der Waals surface area contributed by atoms with E-state index in [0.29, 0.717) is 18.9 Å². The van der Waals surface area contributed by atoms with Gasteiger partial charge in [0.2, 0.25) is 11.9 Å². The number of aromatic amines is 1. The Balaban J connectivity index is 1.38. The molecule has 8 heteroatoms. The molecule has 8 nitrogen and oxygen atoms in total. The molecule has 0 spiro atoms. The average molecular weight is 377 g/mol. The summed E-state index contributed by atoms with van der Waals surface area (Å²) in [5.74, 6) is 0.698. The number of nitrogens with zero attached hydrogens (tertiary/aromatic N) is 5. The number of carbonyl (C=O) groups is 1. The van der Waals surface area contributed by atoms with Gasteiger partial charge < -0.3 is 10.2 Å². The van der Waals surface area contributed by atoms with Gasteiger partial charge in [0.15, 0.2) is 0 Å². The second-order valence-corrected chi connectivity index (χ2v) is 7.07. The predicted octanol–water partition coefficient (Wildman–Crippen LogP) is 1.82. The third-order valence-corrected chi connectivity index (χ3v) is 5.05. The monoisotopic (exact) mass is 377 g/mol. The van der Waals surface area contributed by atoms with Crippen molar-refractivity contribution in [1.29, 1.82) is 0 Å². The summed E-state index contributed by atoms with van der Waals surface area (Å²) in [6.45, 7) is 5.36. The maximum absolute atomic E-state index is 12.4. The fraction of sp³-hybridized carbons (Fsp3) is 0.350. The molecule has 1 saturated heterocycles. The normalized spacial score (nSPS) is 16.4. The molecule has 3 aromatic heterocycles. The van der Waals surface area contributed by atoms with Gasteiger partial charge in [0.05, 0.1) is 17.8 Å². The number of nitrogens with one attached hydrogen (secondary N) is 2. The molecule has 144 valence electrons. The van der Waals surface area contributed by atoms with Gasteiger partial charge in [-0.15, -0.1) is 0 Å². The second-order valence-electron chi connectivity index (χ2n) is 7.07. The number of rotatable bonds is 5. The van der Waals surface area contributed by atoms with Crippen molar-refractivity contribution in [1.82, 2.24) is 30.5 Å². The molecule has 0 saturated carbocycles. The van der Waals surface area contributed by atoms with Gasteiger partial charge in [-0.3, -0.25) is 14.9 Å². The summed E-state index contributed by atoms with van der Waals surface area (Å²) in [5.41, 5.74) is 4.60. The SMILES string of the molecule is Cc1n[nH]c(C)c1CC(=O)NC1CCN(c2nccc(-c3cccnc3)n2)C1. The first-order valence-electron chi connectivity index (χ1n) is 9.38. The molecule has 2 N–H and O–H groups in total. The molecule has 1 amide bonds. The smallest absolute Gasteiger partial charge is 0.225 e. The minimum Gasteiger partial charge on any atom is -0.351 e. The molecule has 0 bridgehead atoms. The van der Waals surface area contributed by atoms with E-state index in [0.717, 1.165) is 41.2 Å². The van der Waals surface area contributed by atoms with Crippen LogP contribution in [0.5, 0.6) is 0 Å². The van der Waals surface area contributed by atoms with Crippen molar-refractivity contribution >= 4 is 11.9 Å². The molecule has 0 aliphatic carbocycles. The van der Waals surface area contributed by atoms with Crippen molar-refractivity contribution < 1.29 is 4.79 Å². The zero-order chi connectivity index (χ0) is 19.5. The van der Waals surface area contributed by atoms with Gasteiger partial charge in [0.25, 0.3) is 0 Å². The van der Waals surface area contributed by atoms with Gasteiger partial charge in [-0.25, -0.2) is 9.97 Å². The summed E-state index contributed by atoms with van der Waals surface area (Å²) in [7, 11) is 0. The summed E-state index contributed by atoms with van der Waals surface area (Å²) in [6, 6.07) is 5.84. The van der Waals surface area contributed by atoms with Crippen molar-refractivity contribution in [2.75, 3.05) is 18.0 Å². The molecule has 28 heavy (non-hydrogen) atoms. The van der Waals surface area contributed by atoms with Gasteiger partial charge in [-0.05, 0) is 38.5 Å². The summed E-state index contributed by atoms with van der Waals surface area (Å²) < 4.78 is 0. The Morgan fingerprint density at radius 2 is 2.21 bits per heavy atom. The van der Waals surface area contributed by atoms with E-state index in [-0.39, 0.29) is 11.9 Å². The van der Waals surface area contributed by atoms with Crippen molar-refractivity contribution in [2.24, 2.45) is 0 Å². The van der Waals surface area contributed by atoms with Crippen molar-refractivity contribution in [2.45, 2.75) is 32.7 Å². The standard InChI is InChI=1S/C20H23N7O/c1-13-17(14(2)26-25-13)10-19(28)23-16-6-9-27(12-16)20-22-8-5-18(24-20)15-4-3-7-21-11-15/h3-5,7-8,11,16H,6,9-10,12H2,1-2H3,(H,23,28)(H,25,26). The number of amides is 1. The lowest BCUT2D eigenvalue weighted by Gasteiger charge is -2.17. The lowest BCUT2D eigenvalue weighted by atomic mass is 10.1. The molecular weight excluding hydrogens is 354 g/mol. The topological polar surface area (TPSA) is 99.7 Å². The van der Waals surface area contributed by atoms with E-state index in [1.54, 1.807) is 18.6 Å². The Kier molecular flexibility index (Phi) is 5.01. The lowest BCUT2D eigenvalue weighted by molar-refractivity contribution is -0.121. The largest absolute Gasteiger partial charge is 0.351 e. The zero-order valence-corrected chi connectivity index (χ0v) is 16.0. The fourth-order valence-corrected chi connectivity index (χ4v) is 3.51. The van der Waals surface area contributed by atoms with Crippen LogP contribution < -0.4 is 10.2 Å². The molecule has 0 radical (unpaired) electrons. The maximum Gasteiger partial charge on any atom is 0.225 e. The second kappa shape index (κ2) is 7.75. The zero-order valence-electron chi connectivity index (χ0n) is 16.0. The van der Waals surface area contributed by atoms with Crippen LogP contribution in [0.2, 0.25) is 0 Å². The Morgan fingerprint density at radius 1 is 1.32 bits per heavy atom. The van der Waals surface area contributed by atoms with Gasteiger partial charge in [0.1, 0.15) is 0 Å². The van der Waals surface area contributed by atoms with Crippen LogP contribution in [0.3, 0.4) is 0 Å². The van der Waals surface area contributed by atoms with Crippen LogP contribution in [0.4, 0.5) is 5.95 Å². The summed E-state index contributed by atoms with van der Waals surface area (Å²) in [5, 5.41) is 10.2. The number of hydrogen-bond acceptors (Lipinski definition) is 6. The third-order valence-electron chi connectivity index (χ3n) is 5.05. The highest BCUT2D eigenvalue weighted by Gasteiger charge is 2.26. The molecule has 1 aliphatic heterocycles. The summed E-state index contributed by atoms with van der Waals surface area (Å²) in [6.07, 6.45) is 6.51. The van der Waals surface area contributed by atoms with Gasteiger partial charge >= 0.3 is 0 Å². The van der Waals surface area contributed by atoms with Crippen LogP contribution in [0, 0.1) is 13.8 Å². The quantitative estimate of drug-likeness (QED) is 0.704. The van der Waals surface area contributed by atoms with Crippen molar-refractivity contribution in [3.8, 4) is 11.3 Å². The minimum atomic E-state index is 0.0180. The van der Waals surface area contributed by atoms with Crippen LogP contribution in [-0.4, -0.2) is 50.2 Å². The molecule has 1 aliphatic rings. The first-order valence-corrected chi connectivity index (χ1v) is 9.38. The number of H-pyrrole nitrogens is 1. The van der Waals surface area contributed by atoms with E-state index in [4.69, 9.17) is 0 Å². The Labute approximate surface area is 163 Å². The molecule has 4 rings (SSSR count). The summed E-state index contributed by atoms with van der Waals surface area (Å²) >= 11 is 0. The number of anilines is 1. The van der Waals surface area contributed by atoms with Crippen LogP contribution in [0.15, 0.2) is 36.8 Å².